The molecule has 0 aliphatic carbocycles. The van der Waals surface area contributed by atoms with Gasteiger partial charge in [0.25, 0.3) is 0 Å². The summed E-state index contributed by atoms with van der Waals surface area (Å²) in [5.41, 5.74) is 0. The summed E-state index contributed by atoms with van der Waals surface area (Å²) in [6.45, 7) is 0.806. The second kappa shape index (κ2) is 6.73. The van der Waals surface area contributed by atoms with Crippen LogP contribution in [-0.4, -0.2) is 30.8 Å². The van der Waals surface area contributed by atoms with Gasteiger partial charge in [-0.05, 0) is 34.1 Å². The lowest BCUT2D eigenvalue weighted by Crippen LogP contribution is -2.26. The number of benzene rings is 1. The van der Waals surface area contributed by atoms with Crippen LogP contribution in [0.15, 0.2) is 22.7 Å². The first-order valence-electron chi connectivity index (χ1n) is 4.60. The fourth-order valence-corrected chi connectivity index (χ4v) is 1.82. The number of halogens is 2. The van der Waals surface area contributed by atoms with Gasteiger partial charge in [0, 0.05) is 11.6 Å². The molecule has 0 saturated carbocycles. The van der Waals surface area contributed by atoms with Crippen LogP contribution in [-0.2, 0) is 4.79 Å². The summed E-state index contributed by atoms with van der Waals surface area (Å²) in [7, 11) is 0. The zero-order valence-electron chi connectivity index (χ0n) is 8.37. The molecule has 0 bridgehead atoms. The van der Waals surface area contributed by atoms with Crippen LogP contribution in [0.4, 0.5) is 0 Å². The van der Waals surface area contributed by atoms with Gasteiger partial charge in [0.2, 0.25) is 0 Å². The third-order valence-electron chi connectivity index (χ3n) is 1.71. The fraction of sp³-hybridized carbons (Fsp3) is 0.300. The third-order valence-corrected chi connectivity index (χ3v) is 2.56. The molecule has 16 heavy (non-hydrogen) atoms. The second-order valence-electron chi connectivity index (χ2n) is 2.99. The van der Waals surface area contributed by atoms with Gasteiger partial charge in [0.05, 0.1) is 11.0 Å². The first kappa shape index (κ1) is 13.3. The van der Waals surface area contributed by atoms with Crippen molar-refractivity contribution < 1.29 is 14.6 Å². The summed E-state index contributed by atoms with van der Waals surface area (Å²) < 4.78 is 6.19. The van der Waals surface area contributed by atoms with Crippen LogP contribution in [0, 0.1) is 0 Å². The highest BCUT2D eigenvalue weighted by atomic mass is 79.9. The molecule has 0 atom stereocenters. The topological polar surface area (TPSA) is 58.6 Å². The molecule has 0 unspecified atom stereocenters. The number of carbonyl (C=O) groups is 1. The summed E-state index contributed by atoms with van der Waals surface area (Å²) in [5, 5.41) is 11.7. The van der Waals surface area contributed by atoms with E-state index in [-0.39, 0.29) is 6.54 Å². The smallest absolute Gasteiger partial charge is 0.317 e. The van der Waals surface area contributed by atoms with Gasteiger partial charge in [-0.1, -0.05) is 11.6 Å². The molecule has 6 heteroatoms. The Labute approximate surface area is 107 Å². The molecule has 2 N–H and O–H groups in total. The van der Waals surface area contributed by atoms with E-state index in [2.05, 4.69) is 21.2 Å². The predicted octanol–water partition coefficient (Wildman–Crippen LogP) is 2.16. The Balaban J connectivity index is 2.29. The highest BCUT2D eigenvalue weighted by Gasteiger charge is 2.01. The van der Waals surface area contributed by atoms with Crippen LogP contribution >= 0.6 is 27.5 Å². The van der Waals surface area contributed by atoms with Crippen LogP contribution in [0.25, 0.3) is 0 Å². The Bertz CT molecular complexity index is 373. The van der Waals surface area contributed by atoms with E-state index in [9.17, 15) is 4.79 Å². The number of rotatable bonds is 6. The molecule has 1 aromatic rings. The normalized spacial score (nSPS) is 10.1. The van der Waals surface area contributed by atoms with Crippen LogP contribution in [0.5, 0.6) is 5.75 Å². The van der Waals surface area contributed by atoms with Gasteiger partial charge >= 0.3 is 5.97 Å². The van der Waals surface area contributed by atoms with Crippen molar-refractivity contribution in [3.63, 3.8) is 0 Å². The van der Waals surface area contributed by atoms with Crippen molar-refractivity contribution in [3.8, 4) is 5.75 Å². The van der Waals surface area contributed by atoms with Crippen LogP contribution in [0.3, 0.4) is 0 Å². The number of hydrogen-bond acceptors (Lipinski definition) is 3. The molecule has 0 saturated heterocycles. The molecule has 0 spiro atoms. The molecule has 0 heterocycles. The van der Waals surface area contributed by atoms with E-state index in [0.717, 1.165) is 4.47 Å². The zero-order valence-corrected chi connectivity index (χ0v) is 10.7. The molecule has 0 aliphatic heterocycles. The maximum Gasteiger partial charge on any atom is 0.317 e. The largest absolute Gasteiger partial charge is 0.491 e. The van der Waals surface area contributed by atoms with Crippen molar-refractivity contribution in [1.82, 2.24) is 5.32 Å². The lowest BCUT2D eigenvalue weighted by molar-refractivity contribution is -0.135. The van der Waals surface area contributed by atoms with Crippen molar-refractivity contribution in [2.24, 2.45) is 0 Å². The van der Waals surface area contributed by atoms with E-state index in [4.69, 9.17) is 21.4 Å². The second-order valence-corrected chi connectivity index (χ2v) is 4.28. The fourth-order valence-electron chi connectivity index (χ4n) is 1.02. The minimum Gasteiger partial charge on any atom is -0.491 e. The highest BCUT2D eigenvalue weighted by molar-refractivity contribution is 9.10. The first-order chi connectivity index (χ1) is 7.59. The summed E-state index contributed by atoms with van der Waals surface area (Å²) in [6.07, 6.45) is 0. The molecule has 1 rings (SSSR count). The van der Waals surface area contributed by atoms with Crippen LogP contribution in [0.1, 0.15) is 0 Å². The average molecular weight is 309 g/mol. The molecular weight excluding hydrogens is 297 g/mol. The molecule has 0 radical (unpaired) electrons. The number of ether oxygens (including phenoxy) is 1. The van der Waals surface area contributed by atoms with E-state index < -0.39 is 5.97 Å². The van der Waals surface area contributed by atoms with Gasteiger partial charge in [-0.2, -0.15) is 0 Å². The quantitative estimate of drug-likeness (QED) is 0.791. The van der Waals surface area contributed by atoms with E-state index in [0.29, 0.717) is 23.9 Å². The summed E-state index contributed by atoms with van der Waals surface area (Å²) in [5.74, 6) is -0.200. The Kier molecular flexibility index (Phi) is 5.59. The number of carboxylic acids is 1. The average Bonchev–Trinajstić information content (AvgIpc) is 2.20. The molecule has 1 aromatic carbocycles. The van der Waals surface area contributed by atoms with Gasteiger partial charge in [-0.25, -0.2) is 0 Å². The van der Waals surface area contributed by atoms with E-state index in [1.165, 1.54) is 0 Å². The van der Waals surface area contributed by atoms with Crippen LogP contribution < -0.4 is 10.1 Å². The molecule has 4 nitrogen and oxygen atoms in total. The molecule has 0 fully saturated rings. The monoisotopic (exact) mass is 307 g/mol. The molecule has 88 valence electrons. The summed E-state index contributed by atoms with van der Waals surface area (Å²) in [6, 6.07) is 5.22. The minimum absolute atomic E-state index is 0.0643. The SMILES string of the molecule is O=C(O)CNCCOc1ccc(Cl)cc1Br. The number of carboxylic acid groups (broad SMARTS) is 1. The van der Waals surface area contributed by atoms with E-state index in [1.807, 2.05) is 0 Å². The van der Waals surface area contributed by atoms with E-state index in [1.54, 1.807) is 18.2 Å². The van der Waals surface area contributed by atoms with Gasteiger partial charge in [0.15, 0.2) is 0 Å². The number of nitrogens with one attached hydrogen (secondary N) is 1. The van der Waals surface area contributed by atoms with Crippen molar-refractivity contribution >= 4 is 33.5 Å². The zero-order chi connectivity index (χ0) is 12.0. The summed E-state index contributed by atoms with van der Waals surface area (Å²) in [4.78, 5) is 10.2. The van der Waals surface area contributed by atoms with Gasteiger partial charge in [-0.3, -0.25) is 4.79 Å². The number of hydrogen-bond donors (Lipinski definition) is 2. The first-order valence-corrected chi connectivity index (χ1v) is 5.77. The summed E-state index contributed by atoms with van der Waals surface area (Å²) >= 11 is 9.09. The molecule has 0 aliphatic rings. The molecule has 0 aromatic heterocycles. The van der Waals surface area contributed by atoms with Gasteiger partial charge in [0.1, 0.15) is 12.4 Å². The number of aliphatic carboxylic acids is 1. The Morgan fingerprint density at radius 3 is 2.94 bits per heavy atom. The maximum absolute atomic E-state index is 10.2. The lowest BCUT2D eigenvalue weighted by Gasteiger charge is -2.08. The van der Waals surface area contributed by atoms with E-state index >= 15 is 0 Å². The molecule has 0 amide bonds. The van der Waals surface area contributed by atoms with Gasteiger partial charge in [-0.15, -0.1) is 0 Å². The van der Waals surface area contributed by atoms with Crippen molar-refractivity contribution in [2.45, 2.75) is 0 Å². The minimum atomic E-state index is -0.882. The Hall–Kier alpha value is -0.780. The maximum atomic E-state index is 10.2. The standard InChI is InChI=1S/C10H11BrClNO3/c11-8-5-7(12)1-2-9(8)16-4-3-13-6-10(14)15/h1-2,5,13H,3-4,6H2,(H,14,15). The Morgan fingerprint density at radius 1 is 1.56 bits per heavy atom. The Morgan fingerprint density at radius 2 is 2.31 bits per heavy atom. The third kappa shape index (κ3) is 4.83. The molecular formula is C10H11BrClNO3. The lowest BCUT2D eigenvalue weighted by atomic mass is 10.3. The van der Waals surface area contributed by atoms with Crippen molar-refractivity contribution in [2.75, 3.05) is 19.7 Å². The van der Waals surface area contributed by atoms with Crippen molar-refractivity contribution in [3.05, 3.63) is 27.7 Å². The van der Waals surface area contributed by atoms with Gasteiger partial charge < -0.3 is 15.2 Å². The highest BCUT2D eigenvalue weighted by Crippen LogP contribution is 2.27. The van der Waals surface area contributed by atoms with Crippen molar-refractivity contribution in [1.29, 1.82) is 0 Å². The predicted molar refractivity (Wildman–Crippen MR) is 65.2 cm³/mol. The van der Waals surface area contributed by atoms with Crippen LogP contribution in [0.2, 0.25) is 5.02 Å².